The number of carbonyl (C=O) groups is 3. The number of hydrogen-bond acceptors (Lipinski definition) is 4. The fraction of sp³-hybridized carbons (Fsp3) is 0.588. The molecule has 0 atom stereocenters. The molecule has 3 heterocycles. The van der Waals surface area contributed by atoms with Crippen LogP contribution in [0.3, 0.4) is 0 Å². The number of piperidine rings is 1. The quantitative estimate of drug-likeness (QED) is 0.803. The second kappa shape index (κ2) is 7.07. The van der Waals surface area contributed by atoms with E-state index in [4.69, 9.17) is 4.42 Å². The Hall–Kier alpha value is -2.31. The lowest BCUT2D eigenvalue weighted by molar-refractivity contribution is -0.142. The Labute approximate surface area is 141 Å². The second-order valence-electron chi connectivity index (χ2n) is 6.38. The number of piperazine rings is 1. The number of furan rings is 1. The van der Waals surface area contributed by atoms with Crippen molar-refractivity contribution in [3.63, 3.8) is 0 Å². The largest absolute Gasteiger partial charge is 0.459 e. The first-order valence-corrected chi connectivity index (χ1v) is 8.43. The van der Waals surface area contributed by atoms with Crippen LogP contribution < -0.4 is 0 Å². The molecule has 0 spiro atoms. The Morgan fingerprint density at radius 2 is 1.58 bits per heavy atom. The van der Waals surface area contributed by atoms with E-state index >= 15 is 0 Å². The molecule has 130 valence electrons. The molecule has 0 radical (unpaired) electrons. The summed E-state index contributed by atoms with van der Waals surface area (Å²) in [6.45, 7) is 5.12. The fourth-order valence-corrected chi connectivity index (χ4v) is 3.39. The van der Waals surface area contributed by atoms with Crippen LogP contribution in [0.2, 0.25) is 0 Å². The number of carbonyl (C=O) groups excluding carboxylic acids is 3. The minimum absolute atomic E-state index is 0.0328. The Balaban J connectivity index is 1.49. The third kappa shape index (κ3) is 3.44. The van der Waals surface area contributed by atoms with E-state index in [0.29, 0.717) is 57.9 Å². The topological polar surface area (TPSA) is 74.1 Å². The number of likely N-dealkylation sites (tertiary alicyclic amines) is 1. The van der Waals surface area contributed by atoms with E-state index in [2.05, 4.69) is 0 Å². The van der Waals surface area contributed by atoms with Gasteiger partial charge in [0.25, 0.3) is 5.91 Å². The number of hydrogen-bond donors (Lipinski definition) is 0. The highest BCUT2D eigenvalue weighted by Crippen LogP contribution is 2.22. The Bertz CT molecular complexity index is 597. The zero-order valence-electron chi connectivity index (χ0n) is 13.9. The van der Waals surface area contributed by atoms with Crippen molar-refractivity contribution < 1.29 is 18.8 Å². The SMILES string of the molecule is CC(=O)N1CCN(C(=O)C2CCN(C(=O)c3ccco3)CC2)CC1. The minimum atomic E-state index is -0.110. The first-order chi connectivity index (χ1) is 11.6. The molecule has 2 fully saturated rings. The lowest BCUT2D eigenvalue weighted by Crippen LogP contribution is -2.52. The summed E-state index contributed by atoms with van der Waals surface area (Å²) in [5.41, 5.74) is 0. The lowest BCUT2D eigenvalue weighted by atomic mass is 9.94. The van der Waals surface area contributed by atoms with Gasteiger partial charge in [-0.25, -0.2) is 0 Å². The van der Waals surface area contributed by atoms with Gasteiger partial charge in [-0.1, -0.05) is 0 Å². The van der Waals surface area contributed by atoms with Gasteiger partial charge in [-0.2, -0.15) is 0 Å². The van der Waals surface area contributed by atoms with E-state index in [1.807, 2.05) is 4.90 Å². The van der Waals surface area contributed by atoms with Crippen LogP contribution in [0.5, 0.6) is 0 Å². The van der Waals surface area contributed by atoms with Crippen molar-refractivity contribution in [1.82, 2.24) is 14.7 Å². The molecule has 7 heteroatoms. The highest BCUT2D eigenvalue weighted by atomic mass is 16.3. The van der Waals surface area contributed by atoms with Gasteiger partial charge in [-0.05, 0) is 25.0 Å². The molecule has 1 aromatic heterocycles. The number of nitrogens with zero attached hydrogens (tertiary/aromatic N) is 3. The first kappa shape index (κ1) is 16.5. The van der Waals surface area contributed by atoms with Crippen molar-refractivity contribution in [3.8, 4) is 0 Å². The maximum atomic E-state index is 12.6. The molecule has 3 rings (SSSR count). The van der Waals surface area contributed by atoms with Crippen LogP contribution in [0, 0.1) is 5.92 Å². The maximum Gasteiger partial charge on any atom is 0.289 e. The molecule has 0 unspecified atom stereocenters. The first-order valence-electron chi connectivity index (χ1n) is 8.43. The van der Waals surface area contributed by atoms with Crippen molar-refractivity contribution in [1.29, 1.82) is 0 Å². The van der Waals surface area contributed by atoms with Gasteiger partial charge in [-0.15, -0.1) is 0 Å². The van der Waals surface area contributed by atoms with Crippen molar-refractivity contribution in [3.05, 3.63) is 24.2 Å². The summed E-state index contributed by atoms with van der Waals surface area (Å²) in [6.07, 6.45) is 2.85. The minimum Gasteiger partial charge on any atom is -0.459 e. The number of rotatable bonds is 2. The van der Waals surface area contributed by atoms with Gasteiger partial charge in [0.05, 0.1) is 6.26 Å². The Morgan fingerprint density at radius 3 is 2.12 bits per heavy atom. The smallest absolute Gasteiger partial charge is 0.289 e. The summed E-state index contributed by atoms with van der Waals surface area (Å²) in [6, 6.07) is 3.36. The average Bonchev–Trinajstić information content (AvgIpc) is 3.15. The van der Waals surface area contributed by atoms with Crippen molar-refractivity contribution in [2.75, 3.05) is 39.3 Å². The molecule has 0 saturated carbocycles. The lowest BCUT2D eigenvalue weighted by Gasteiger charge is -2.38. The second-order valence-corrected chi connectivity index (χ2v) is 6.38. The van der Waals surface area contributed by atoms with Crippen molar-refractivity contribution >= 4 is 17.7 Å². The molecular weight excluding hydrogens is 310 g/mol. The normalized spacial score (nSPS) is 19.5. The van der Waals surface area contributed by atoms with Crippen LogP contribution in [0.25, 0.3) is 0 Å². The monoisotopic (exact) mass is 333 g/mol. The van der Waals surface area contributed by atoms with Gasteiger partial charge in [0.2, 0.25) is 11.8 Å². The van der Waals surface area contributed by atoms with E-state index in [0.717, 1.165) is 0 Å². The molecule has 24 heavy (non-hydrogen) atoms. The van der Waals surface area contributed by atoms with Gasteiger partial charge in [0.1, 0.15) is 0 Å². The fourth-order valence-electron chi connectivity index (χ4n) is 3.39. The van der Waals surface area contributed by atoms with E-state index in [1.54, 1.807) is 28.9 Å². The Kier molecular flexibility index (Phi) is 4.87. The Morgan fingerprint density at radius 1 is 0.958 bits per heavy atom. The molecule has 0 aromatic carbocycles. The summed E-state index contributed by atoms with van der Waals surface area (Å²) >= 11 is 0. The molecule has 1 aromatic rings. The van der Waals surface area contributed by atoms with Crippen molar-refractivity contribution in [2.45, 2.75) is 19.8 Å². The van der Waals surface area contributed by atoms with Crippen LogP contribution in [0.15, 0.2) is 22.8 Å². The molecule has 2 saturated heterocycles. The molecule has 0 aliphatic carbocycles. The predicted octanol–water partition coefficient (Wildman–Crippen LogP) is 0.823. The van der Waals surface area contributed by atoms with Crippen LogP contribution in [-0.4, -0.2) is 71.7 Å². The van der Waals surface area contributed by atoms with Crippen LogP contribution in [-0.2, 0) is 9.59 Å². The molecule has 3 amide bonds. The van der Waals surface area contributed by atoms with Gasteiger partial charge >= 0.3 is 0 Å². The van der Waals surface area contributed by atoms with E-state index in [1.165, 1.54) is 6.26 Å². The van der Waals surface area contributed by atoms with Crippen LogP contribution in [0.1, 0.15) is 30.3 Å². The number of amides is 3. The summed E-state index contributed by atoms with van der Waals surface area (Å²) in [5, 5.41) is 0. The summed E-state index contributed by atoms with van der Waals surface area (Å²) in [5.74, 6) is 0.422. The standard InChI is InChI=1S/C17H23N3O4/c1-13(21)18-8-10-20(11-9-18)16(22)14-4-6-19(7-5-14)17(23)15-3-2-12-24-15/h2-3,12,14H,4-11H2,1H3. The maximum absolute atomic E-state index is 12.6. The van der Waals surface area contributed by atoms with E-state index < -0.39 is 0 Å². The van der Waals surface area contributed by atoms with E-state index in [9.17, 15) is 14.4 Å². The van der Waals surface area contributed by atoms with Gasteiger partial charge in [0.15, 0.2) is 5.76 Å². The van der Waals surface area contributed by atoms with Gasteiger partial charge < -0.3 is 19.1 Å². The van der Waals surface area contributed by atoms with Crippen molar-refractivity contribution in [2.24, 2.45) is 5.92 Å². The molecule has 0 N–H and O–H groups in total. The highest BCUT2D eigenvalue weighted by molar-refractivity contribution is 5.91. The molecule has 0 bridgehead atoms. The third-order valence-corrected chi connectivity index (χ3v) is 4.90. The average molecular weight is 333 g/mol. The molecule has 2 aliphatic heterocycles. The van der Waals surface area contributed by atoms with E-state index in [-0.39, 0.29) is 23.6 Å². The highest BCUT2D eigenvalue weighted by Gasteiger charge is 2.32. The molecule has 2 aliphatic rings. The summed E-state index contributed by atoms with van der Waals surface area (Å²) in [7, 11) is 0. The van der Waals surface area contributed by atoms with Crippen LogP contribution >= 0.6 is 0 Å². The predicted molar refractivity (Wildman–Crippen MR) is 86.2 cm³/mol. The molecular formula is C17H23N3O4. The third-order valence-electron chi connectivity index (χ3n) is 4.90. The van der Waals surface area contributed by atoms with Gasteiger partial charge in [-0.3, -0.25) is 14.4 Å². The zero-order chi connectivity index (χ0) is 17.1. The zero-order valence-corrected chi connectivity index (χ0v) is 13.9. The molecule has 7 nitrogen and oxygen atoms in total. The summed E-state index contributed by atoms with van der Waals surface area (Å²) in [4.78, 5) is 41.6. The summed E-state index contributed by atoms with van der Waals surface area (Å²) < 4.78 is 5.15. The van der Waals surface area contributed by atoms with Crippen LogP contribution in [0.4, 0.5) is 0 Å². The van der Waals surface area contributed by atoms with Gasteiger partial charge in [0, 0.05) is 52.1 Å².